The normalized spacial score (nSPS) is 15.1. The first-order chi connectivity index (χ1) is 6.56. The SMILES string of the molecule is CCCC(C)COC(C)CCC(=O)O. The maximum atomic E-state index is 10.3. The molecule has 0 aromatic rings. The van der Waals surface area contributed by atoms with Crippen LogP contribution in [0.15, 0.2) is 0 Å². The summed E-state index contributed by atoms with van der Waals surface area (Å²) in [4.78, 5) is 10.3. The molecule has 0 radical (unpaired) electrons. The first kappa shape index (κ1) is 13.4. The van der Waals surface area contributed by atoms with Gasteiger partial charge in [0.1, 0.15) is 0 Å². The third-order valence-electron chi connectivity index (χ3n) is 2.21. The molecule has 0 saturated carbocycles. The Kier molecular flexibility index (Phi) is 7.48. The van der Waals surface area contributed by atoms with Gasteiger partial charge in [-0.3, -0.25) is 4.79 Å². The van der Waals surface area contributed by atoms with Gasteiger partial charge in [-0.1, -0.05) is 20.3 Å². The molecule has 0 aliphatic heterocycles. The maximum Gasteiger partial charge on any atom is 0.303 e. The van der Waals surface area contributed by atoms with Crippen LogP contribution in [0.4, 0.5) is 0 Å². The molecule has 0 rings (SSSR count). The van der Waals surface area contributed by atoms with E-state index in [0.29, 0.717) is 12.3 Å². The lowest BCUT2D eigenvalue weighted by Crippen LogP contribution is -2.15. The Balaban J connectivity index is 3.42. The van der Waals surface area contributed by atoms with Gasteiger partial charge in [0.05, 0.1) is 6.10 Å². The lowest BCUT2D eigenvalue weighted by atomic mass is 10.1. The molecule has 0 fully saturated rings. The molecule has 0 aliphatic rings. The van der Waals surface area contributed by atoms with Crippen LogP contribution in [0.25, 0.3) is 0 Å². The Morgan fingerprint density at radius 3 is 2.50 bits per heavy atom. The maximum absolute atomic E-state index is 10.3. The van der Waals surface area contributed by atoms with Gasteiger partial charge in [0.2, 0.25) is 0 Å². The number of carboxylic acid groups (broad SMARTS) is 1. The lowest BCUT2D eigenvalue weighted by Gasteiger charge is -2.15. The predicted molar refractivity (Wildman–Crippen MR) is 56.4 cm³/mol. The minimum absolute atomic E-state index is 0.0606. The summed E-state index contributed by atoms with van der Waals surface area (Å²) in [6.07, 6.45) is 3.21. The van der Waals surface area contributed by atoms with Crippen LogP contribution in [0, 0.1) is 5.92 Å². The minimum Gasteiger partial charge on any atom is -0.481 e. The van der Waals surface area contributed by atoms with Crippen LogP contribution < -0.4 is 0 Å². The van der Waals surface area contributed by atoms with Crippen molar-refractivity contribution in [2.45, 2.75) is 52.6 Å². The van der Waals surface area contributed by atoms with Gasteiger partial charge in [-0.15, -0.1) is 0 Å². The largest absolute Gasteiger partial charge is 0.481 e. The van der Waals surface area contributed by atoms with Gasteiger partial charge in [-0.25, -0.2) is 0 Å². The van der Waals surface area contributed by atoms with E-state index in [-0.39, 0.29) is 12.5 Å². The van der Waals surface area contributed by atoms with E-state index < -0.39 is 5.97 Å². The van der Waals surface area contributed by atoms with E-state index in [1.807, 2.05) is 6.92 Å². The van der Waals surface area contributed by atoms with Crippen molar-refractivity contribution in [1.82, 2.24) is 0 Å². The lowest BCUT2D eigenvalue weighted by molar-refractivity contribution is -0.137. The summed E-state index contributed by atoms with van der Waals surface area (Å²) in [6.45, 7) is 6.99. The highest BCUT2D eigenvalue weighted by molar-refractivity contribution is 5.66. The molecule has 1 N–H and O–H groups in total. The van der Waals surface area contributed by atoms with Crippen molar-refractivity contribution in [3.63, 3.8) is 0 Å². The molecule has 14 heavy (non-hydrogen) atoms. The summed E-state index contributed by atoms with van der Waals surface area (Å²) >= 11 is 0. The highest BCUT2D eigenvalue weighted by Gasteiger charge is 2.07. The van der Waals surface area contributed by atoms with E-state index in [0.717, 1.165) is 6.61 Å². The molecule has 0 heterocycles. The van der Waals surface area contributed by atoms with Crippen LogP contribution >= 0.6 is 0 Å². The van der Waals surface area contributed by atoms with Crippen molar-refractivity contribution < 1.29 is 14.6 Å². The number of rotatable bonds is 8. The zero-order valence-corrected chi connectivity index (χ0v) is 9.45. The summed E-state index contributed by atoms with van der Waals surface area (Å²) in [5.74, 6) is -0.172. The van der Waals surface area contributed by atoms with Crippen LogP contribution in [0.3, 0.4) is 0 Å². The molecule has 0 saturated heterocycles. The molecule has 0 bridgehead atoms. The smallest absolute Gasteiger partial charge is 0.303 e. The Labute approximate surface area is 86.5 Å². The van der Waals surface area contributed by atoms with E-state index in [1.165, 1.54) is 12.8 Å². The van der Waals surface area contributed by atoms with Crippen molar-refractivity contribution in [2.75, 3.05) is 6.61 Å². The summed E-state index contributed by atoms with van der Waals surface area (Å²) in [5, 5.41) is 8.47. The van der Waals surface area contributed by atoms with E-state index in [2.05, 4.69) is 13.8 Å². The molecule has 2 atom stereocenters. The van der Waals surface area contributed by atoms with Crippen LogP contribution in [-0.4, -0.2) is 23.8 Å². The quantitative estimate of drug-likeness (QED) is 0.658. The van der Waals surface area contributed by atoms with Gasteiger partial charge < -0.3 is 9.84 Å². The molecule has 0 spiro atoms. The number of hydrogen-bond donors (Lipinski definition) is 1. The van der Waals surface area contributed by atoms with Gasteiger partial charge in [-0.05, 0) is 25.7 Å². The first-order valence-corrected chi connectivity index (χ1v) is 5.39. The van der Waals surface area contributed by atoms with Crippen molar-refractivity contribution >= 4 is 5.97 Å². The average molecular weight is 202 g/mol. The molecular weight excluding hydrogens is 180 g/mol. The van der Waals surface area contributed by atoms with Gasteiger partial charge >= 0.3 is 5.97 Å². The topological polar surface area (TPSA) is 46.5 Å². The second kappa shape index (κ2) is 7.80. The van der Waals surface area contributed by atoms with Gasteiger partial charge in [0, 0.05) is 13.0 Å². The Hall–Kier alpha value is -0.570. The highest BCUT2D eigenvalue weighted by Crippen LogP contribution is 2.09. The first-order valence-electron chi connectivity index (χ1n) is 5.39. The van der Waals surface area contributed by atoms with Crippen LogP contribution in [0.2, 0.25) is 0 Å². The predicted octanol–water partition coefficient (Wildman–Crippen LogP) is 2.69. The fourth-order valence-electron chi connectivity index (χ4n) is 1.31. The number of carboxylic acids is 1. The monoisotopic (exact) mass is 202 g/mol. The highest BCUT2D eigenvalue weighted by atomic mass is 16.5. The van der Waals surface area contributed by atoms with E-state index in [1.54, 1.807) is 0 Å². The standard InChI is InChI=1S/C11H22O3/c1-4-5-9(2)8-14-10(3)6-7-11(12)13/h9-10H,4-8H2,1-3H3,(H,12,13). The summed E-state index contributed by atoms with van der Waals surface area (Å²) in [6, 6.07) is 0. The summed E-state index contributed by atoms with van der Waals surface area (Å²) < 4.78 is 5.54. The van der Waals surface area contributed by atoms with E-state index >= 15 is 0 Å². The zero-order valence-electron chi connectivity index (χ0n) is 9.45. The number of ether oxygens (including phenoxy) is 1. The van der Waals surface area contributed by atoms with Gasteiger partial charge in [0.15, 0.2) is 0 Å². The van der Waals surface area contributed by atoms with Gasteiger partial charge in [-0.2, -0.15) is 0 Å². The van der Waals surface area contributed by atoms with Crippen molar-refractivity contribution in [3.8, 4) is 0 Å². The molecule has 0 aromatic heterocycles. The van der Waals surface area contributed by atoms with Crippen molar-refractivity contribution in [2.24, 2.45) is 5.92 Å². The van der Waals surface area contributed by atoms with Crippen LogP contribution in [0.1, 0.15) is 46.5 Å². The van der Waals surface area contributed by atoms with Crippen molar-refractivity contribution in [3.05, 3.63) is 0 Å². The number of hydrogen-bond acceptors (Lipinski definition) is 2. The second-order valence-electron chi connectivity index (χ2n) is 3.97. The molecule has 0 aromatic carbocycles. The third-order valence-corrected chi connectivity index (χ3v) is 2.21. The van der Waals surface area contributed by atoms with Crippen molar-refractivity contribution in [1.29, 1.82) is 0 Å². The molecule has 84 valence electrons. The van der Waals surface area contributed by atoms with E-state index in [4.69, 9.17) is 9.84 Å². The molecule has 0 amide bonds. The molecule has 3 nitrogen and oxygen atoms in total. The molecule has 2 unspecified atom stereocenters. The summed E-state index contributed by atoms with van der Waals surface area (Å²) in [5.41, 5.74) is 0. The molecular formula is C11H22O3. The molecule has 3 heteroatoms. The third kappa shape index (κ3) is 8.05. The Morgan fingerprint density at radius 1 is 1.36 bits per heavy atom. The second-order valence-corrected chi connectivity index (χ2v) is 3.97. The fraction of sp³-hybridized carbons (Fsp3) is 0.909. The van der Waals surface area contributed by atoms with E-state index in [9.17, 15) is 4.79 Å². The van der Waals surface area contributed by atoms with Crippen LogP contribution in [-0.2, 0) is 9.53 Å². The fourth-order valence-corrected chi connectivity index (χ4v) is 1.31. The zero-order chi connectivity index (χ0) is 11.0. The van der Waals surface area contributed by atoms with Crippen LogP contribution in [0.5, 0.6) is 0 Å². The Bertz CT molecular complexity index is 157. The average Bonchev–Trinajstić information content (AvgIpc) is 2.12. The summed E-state index contributed by atoms with van der Waals surface area (Å²) in [7, 11) is 0. The Morgan fingerprint density at radius 2 is 2.00 bits per heavy atom. The number of aliphatic carboxylic acids is 1. The number of carbonyl (C=O) groups is 1. The van der Waals surface area contributed by atoms with Gasteiger partial charge in [0.25, 0.3) is 0 Å². The minimum atomic E-state index is -0.748. The molecule has 0 aliphatic carbocycles.